The third-order valence-corrected chi connectivity index (χ3v) is 4.81. The number of nitrogens with one attached hydrogen (secondary N) is 1. The van der Waals surface area contributed by atoms with Gasteiger partial charge in [0.2, 0.25) is 10.0 Å². The van der Waals surface area contributed by atoms with E-state index in [-0.39, 0.29) is 10.9 Å². The van der Waals surface area contributed by atoms with Crippen LogP contribution in [0.4, 0.5) is 5.69 Å². The fourth-order valence-electron chi connectivity index (χ4n) is 2.14. The van der Waals surface area contributed by atoms with Gasteiger partial charge in [-0.15, -0.1) is 0 Å². The summed E-state index contributed by atoms with van der Waals surface area (Å²) in [5, 5.41) is 10.8. The number of hydrogen-bond acceptors (Lipinski definition) is 5. The maximum atomic E-state index is 12.1. The summed E-state index contributed by atoms with van der Waals surface area (Å²) in [6.45, 7) is 0.531. The molecule has 7 nitrogen and oxygen atoms in total. The molecule has 0 heterocycles. The van der Waals surface area contributed by atoms with Crippen LogP contribution in [0.2, 0.25) is 0 Å². The van der Waals surface area contributed by atoms with Crippen LogP contribution in [-0.2, 0) is 10.0 Å². The van der Waals surface area contributed by atoms with Crippen LogP contribution in [0.25, 0.3) is 0 Å². The summed E-state index contributed by atoms with van der Waals surface area (Å²) in [4.78, 5) is 9.84. The number of hydrogen-bond donors (Lipinski definition) is 2. The molecular formula is C11H15N3O4S. The lowest BCUT2D eigenvalue weighted by Crippen LogP contribution is -2.46. The Hall–Kier alpha value is -1.51. The summed E-state index contributed by atoms with van der Waals surface area (Å²) in [6, 6.07) is 5.13. The Bertz CT molecular complexity index is 581. The molecule has 1 aromatic carbocycles. The zero-order valence-electron chi connectivity index (χ0n) is 10.2. The lowest BCUT2D eigenvalue weighted by atomic mass is 9.81. The normalized spacial score (nSPS) is 22.8. The monoisotopic (exact) mass is 285 g/mol. The lowest BCUT2D eigenvalue weighted by Gasteiger charge is -2.34. The molecule has 0 unspecified atom stereocenters. The zero-order chi connectivity index (χ0) is 14.0. The summed E-state index contributed by atoms with van der Waals surface area (Å²) >= 11 is 0. The Balaban J connectivity index is 2.19. The Labute approximate surface area is 111 Å². The van der Waals surface area contributed by atoms with Crippen LogP contribution in [0.1, 0.15) is 12.8 Å². The van der Waals surface area contributed by atoms with E-state index in [1.165, 1.54) is 24.3 Å². The zero-order valence-corrected chi connectivity index (χ0v) is 11.0. The lowest BCUT2D eigenvalue weighted by molar-refractivity contribution is -0.387. The van der Waals surface area contributed by atoms with Gasteiger partial charge < -0.3 is 5.73 Å². The Morgan fingerprint density at radius 2 is 2.00 bits per heavy atom. The summed E-state index contributed by atoms with van der Waals surface area (Å²) in [5.41, 5.74) is 5.06. The molecule has 2 rings (SSSR count). The van der Waals surface area contributed by atoms with Gasteiger partial charge >= 0.3 is 0 Å². The molecule has 0 saturated heterocycles. The molecule has 1 aromatic rings. The van der Waals surface area contributed by atoms with Crippen LogP contribution < -0.4 is 10.5 Å². The molecule has 3 N–H and O–H groups in total. The molecule has 0 amide bonds. The van der Waals surface area contributed by atoms with E-state index < -0.39 is 20.6 Å². The van der Waals surface area contributed by atoms with Crippen LogP contribution in [0.15, 0.2) is 29.2 Å². The van der Waals surface area contributed by atoms with Crippen molar-refractivity contribution in [2.75, 3.05) is 6.54 Å². The fraction of sp³-hybridized carbons (Fsp3) is 0.455. The van der Waals surface area contributed by atoms with E-state index in [0.29, 0.717) is 25.3 Å². The van der Waals surface area contributed by atoms with Gasteiger partial charge in [0.25, 0.3) is 5.69 Å². The molecule has 0 aliphatic heterocycles. The van der Waals surface area contributed by atoms with Gasteiger partial charge in [-0.3, -0.25) is 10.1 Å². The molecule has 1 aliphatic carbocycles. The number of benzene rings is 1. The van der Waals surface area contributed by atoms with Crippen molar-refractivity contribution in [3.05, 3.63) is 34.4 Å². The first-order valence-electron chi connectivity index (χ1n) is 5.90. The summed E-state index contributed by atoms with van der Waals surface area (Å²) < 4.78 is 26.7. The van der Waals surface area contributed by atoms with E-state index in [4.69, 9.17) is 5.73 Å². The number of nitro groups is 1. The maximum absolute atomic E-state index is 12.1. The first-order chi connectivity index (χ1) is 8.94. The smallest absolute Gasteiger partial charge is 0.289 e. The molecule has 0 radical (unpaired) electrons. The predicted molar refractivity (Wildman–Crippen MR) is 69.0 cm³/mol. The SMILES string of the molecule is NCC1CC(NS(=O)(=O)c2ccccc2[N+](=O)[O-])C1. The number of nitro benzene ring substituents is 1. The minimum absolute atomic E-state index is 0.182. The molecule has 1 fully saturated rings. The minimum atomic E-state index is -3.86. The van der Waals surface area contributed by atoms with Crippen molar-refractivity contribution in [2.45, 2.75) is 23.8 Å². The number of nitrogens with zero attached hydrogens (tertiary/aromatic N) is 1. The maximum Gasteiger partial charge on any atom is 0.289 e. The summed E-state index contributed by atoms with van der Waals surface area (Å²) in [5.74, 6) is 0.332. The van der Waals surface area contributed by atoms with Gasteiger partial charge in [-0.25, -0.2) is 13.1 Å². The van der Waals surface area contributed by atoms with E-state index in [9.17, 15) is 18.5 Å². The van der Waals surface area contributed by atoms with Gasteiger partial charge in [-0.1, -0.05) is 12.1 Å². The van der Waals surface area contributed by atoms with Crippen molar-refractivity contribution in [1.29, 1.82) is 0 Å². The Morgan fingerprint density at radius 3 is 2.58 bits per heavy atom. The van der Waals surface area contributed by atoms with Crippen molar-refractivity contribution < 1.29 is 13.3 Å². The molecule has 1 saturated carbocycles. The number of rotatable bonds is 5. The molecule has 0 aromatic heterocycles. The van der Waals surface area contributed by atoms with Crippen molar-refractivity contribution in [1.82, 2.24) is 4.72 Å². The van der Waals surface area contributed by atoms with Crippen LogP contribution >= 0.6 is 0 Å². The van der Waals surface area contributed by atoms with Gasteiger partial charge in [0.1, 0.15) is 0 Å². The largest absolute Gasteiger partial charge is 0.330 e. The molecular weight excluding hydrogens is 270 g/mol. The van der Waals surface area contributed by atoms with Crippen LogP contribution in [-0.4, -0.2) is 25.9 Å². The standard InChI is InChI=1S/C11H15N3O4S/c12-7-8-5-9(6-8)13-19(17,18)11-4-2-1-3-10(11)14(15)16/h1-4,8-9,13H,5-7,12H2. The second-order valence-electron chi connectivity index (χ2n) is 4.62. The molecule has 8 heteroatoms. The first-order valence-corrected chi connectivity index (χ1v) is 7.38. The average molecular weight is 285 g/mol. The fourth-order valence-corrected chi connectivity index (χ4v) is 3.58. The molecule has 1 aliphatic rings. The first kappa shape index (κ1) is 13.9. The topological polar surface area (TPSA) is 115 Å². The minimum Gasteiger partial charge on any atom is -0.330 e. The van der Waals surface area contributed by atoms with E-state index in [0.717, 1.165) is 0 Å². The number of para-hydroxylation sites is 1. The van der Waals surface area contributed by atoms with Crippen molar-refractivity contribution >= 4 is 15.7 Å². The molecule has 0 spiro atoms. The second-order valence-corrected chi connectivity index (χ2v) is 6.30. The number of sulfonamides is 1. The molecule has 0 bridgehead atoms. The molecule has 104 valence electrons. The molecule has 0 atom stereocenters. The van der Waals surface area contributed by atoms with Gasteiger partial charge in [0.15, 0.2) is 4.90 Å². The highest BCUT2D eigenvalue weighted by atomic mass is 32.2. The van der Waals surface area contributed by atoms with Gasteiger partial charge in [0.05, 0.1) is 4.92 Å². The van der Waals surface area contributed by atoms with Gasteiger partial charge in [-0.05, 0) is 31.4 Å². The Morgan fingerprint density at radius 1 is 1.37 bits per heavy atom. The van der Waals surface area contributed by atoms with E-state index in [1.54, 1.807) is 0 Å². The summed E-state index contributed by atoms with van der Waals surface area (Å²) in [6.07, 6.45) is 1.35. The highest BCUT2D eigenvalue weighted by Gasteiger charge is 2.34. The third-order valence-electron chi connectivity index (χ3n) is 3.24. The van der Waals surface area contributed by atoms with Crippen LogP contribution in [0, 0.1) is 16.0 Å². The Kier molecular flexibility index (Phi) is 3.83. The van der Waals surface area contributed by atoms with Crippen LogP contribution in [0.5, 0.6) is 0 Å². The number of nitrogens with two attached hydrogens (primary N) is 1. The van der Waals surface area contributed by atoms with E-state index in [2.05, 4.69) is 4.72 Å². The average Bonchev–Trinajstić information content (AvgIpc) is 2.33. The van der Waals surface area contributed by atoms with Gasteiger partial charge in [-0.2, -0.15) is 0 Å². The van der Waals surface area contributed by atoms with Crippen LogP contribution in [0.3, 0.4) is 0 Å². The summed E-state index contributed by atoms with van der Waals surface area (Å²) in [7, 11) is -3.86. The quantitative estimate of drug-likeness (QED) is 0.607. The molecule has 19 heavy (non-hydrogen) atoms. The second kappa shape index (κ2) is 5.24. The van der Waals surface area contributed by atoms with Crippen molar-refractivity contribution in [3.63, 3.8) is 0 Å². The van der Waals surface area contributed by atoms with E-state index >= 15 is 0 Å². The third kappa shape index (κ3) is 2.91. The predicted octanol–water partition coefficient (Wildman–Crippen LogP) is 0.610. The highest BCUT2D eigenvalue weighted by Crippen LogP contribution is 2.29. The van der Waals surface area contributed by atoms with Gasteiger partial charge in [0, 0.05) is 12.1 Å². The van der Waals surface area contributed by atoms with Crippen molar-refractivity contribution in [3.8, 4) is 0 Å². The van der Waals surface area contributed by atoms with Crippen molar-refractivity contribution in [2.24, 2.45) is 11.7 Å². The highest BCUT2D eigenvalue weighted by molar-refractivity contribution is 7.89. The van der Waals surface area contributed by atoms with E-state index in [1.807, 2.05) is 0 Å².